The number of alkyl halides is 3. The number of H-pyrrole nitrogens is 1. The average Bonchev–Trinajstić information content (AvgIpc) is 3.44. The van der Waals surface area contributed by atoms with Crippen molar-refractivity contribution in [2.45, 2.75) is 25.2 Å². The fraction of sp³-hybridized carbons (Fsp3) is 0.389. The van der Waals surface area contributed by atoms with Crippen molar-refractivity contribution >= 4 is 11.9 Å². The van der Waals surface area contributed by atoms with E-state index in [9.17, 15) is 27.2 Å². The van der Waals surface area contributed by atoms with E-state index in [1.165, 1.54) is 11.0 Å². The van der Waals surface area contributed by atoms with Crippen LogP contribution in [0.25, 0.3) is 0 Å². The fourth-order valence-electron chi connectivity index (χ4n) is 2.81. The monoisotopic (exact) mass is 414 g/mol. The topological polar surface area (TPSA) is 87.3 Å². The minimum absolute atomic E-state index is 0.00282. The zero-order chi connectivity index (χ0) is 21.3. The number of nitrogens with one attached hydrogen (secondary N) is 2. The van der Waals surface area contributed by atoms with Gasteiger partial charge in [-0.1, -0.05) is 6.07 Å². The number of benzene rings is 1. The predicted molar refractivity (Wildman–Crippen MR) is 95.2 cm³/mol. The Balaban J connectivity index is 1.84. The molecule has 11 heteroatoms. The predicted octanol–water partition coefficient (Wildman–Crippen LogP) is 2.75. The average molecular weight is 414 g/mol. The number of aromatic nitrogens is 2. The van der Waals surface area contributed by atoms with E-state index in [-0.39, 0.29) is 17.6 Å². The number of amides is 1. The van der Waals surface area contributed by atoms with Gasteiger partial charge < -0.3 is 15.0 Å². The van der Waals surface area contributed by atoms with Crippen molar-refractivity contribution in [2.75, 3.05) is 19.0 Å². The number of halogens is 4. The Bertz CT molecular complexity index is 970. The van der Waals surface area contributed by atoms with E-state index < -0.39 is 35.4 Å². The van der Waals surface area contributed by atoms with Crippen molar-refractivity contribution < 1.29 is 27.1 Å². The van der Waals surface area contributed by atoms with Crippen molar-refractivity contribution in [2.24, 2.45) is 5.92 Å². The van der Waals surface area contributed by atoms with E-state index in [0.717, 1.165) is 31.0 Å². The van der Waals surface area contributed by atoms with Gasteiger partial charge in [-0.05, 0) is 36.5 Å². The number of carbonyl (C=O) groups excluding carboxylic acids is 1. The normalized spacial score (nSPS) is 15.0. The Kier molecular flexibility index (Phi) is 5.49. The summed E-state index contributed by atoms with van der Waals surface area (Å²) in [5.41, 5.74) is -0.345. The second-order valence-electron chi connectivity index (χ2n) is 6.87. The van der Waals surface area contributed by atoms with Crippen LogP contribution < -0.4 is 20.5 Å². The molecule has 2 N–H and O–H groups in total. The molecule has 0 spiro atoms. The van der Waals surface area contributed by atoms with Crippen molar-refractivity contribution in [3.05, 3.63) is 51.7 Å². The third kappa shape index (κ3) is 5.24. The molecule has 0 radical (unpaired) electrons. The second-order valence-corrected chi connectivity index (χ2v) is 6.87. The highest BCUT2D eigenvalue weighted by Crippen LogP contribution is 2.42. The third-order valence-electron chi connectivity index (χ3n) is 4.31. The molecule has 1 atom stereocenters. The maximum absolute atomic E-state index is 14.1. The van der Waals surface area contributed by atoms with E-state index in [1.54, 1.807) is 14.1 Å². The van der Waals surface area contributed by atoms with Crippen molar-refractivity contribution in [1.29, 1.82) is 0 Å². The number of carbonyl (C=O) groups is 1. The number of nitrogens with zero attached hydrogens (tertiary/aromatic N) is 2. The van der Waals surface area contributed by atoms with Crippen LogP contribution in [0.2, 0.25) is 0 Å². The first kappa shape index (κ1) is 20.6. The van der Waals surface area contributed by atoms with Crippen molar-refractivity contribution in [3.63, 3.8) is 0 Å². The lowest BCUT2D eigenvalue weighted by Gasteiger charge is -2.20. The van der Waals surface area contributed by atoms with Crippen LogP contribution in [0.15, 0.2) is 29.1 Å². The molecule has 7 nitrogen and oxygen atoms in total. The lowest BCUT2D eigenvalue weighted by Crippen LogP contribution is -2.32. The Morgan fingerprint density at radius 2 is 2.00 bits per heavy atom. The van der Waals surface area contributed by atoms with Gasteiger partial charge in [0, 0.05) is 20.2 Å². The third-order valence-corrected chi connectivity index (χ3v) is 4.31. The number of aromatic amines is 1. The molecule has 1 amide bonds. The van der Waals surface area contributed by atoms with Crippen molar-refractivity contribution in [1.82, 2.24) is 15.3 Å². The SMILES string of the molecule is CN(C)c1nc(C(=O)NC(c2ccc(OC(F)(F)F)c(F)c2)C2CC2)cc(=O)[nH]1. The molecule has 1 aromatic heterocycles. The molecule has 1 aromatic carbocycles. The largest absolute Gasteiger partial charge is 0.573 e. The molecule has 1 saturated carbocycles. The lowest BCUT2D eigenvalue weighted by atomic mass is 10.0. The first-order valence-corrected chi connectivity index (χ1v) is 8.68. The van der Waals surface area contributed by atoms with Crippen LogP contribution >= 0.6 is 0 Å². The number of rotatable bonds is 6. The molecule has 1 aliphatic rings. The van der Waals surface area contributed by atoms with E-state index in [2.05, 4.69) is 20.0 Å². The van der Waals surface area contributed by atoms with Gasteiger partial charge in [-0.2, -0.15) is 0 Å². The standard InChI is InChI=1S/C18H18F4N4O3/c1-26(2)17-23-12(8-14(27)24-17)16(28)25-15(9-3-4-9)10-5-6-13(11(19)7-10)29-18(20,21)22/h5-9,15H,3-4H2,1-2H3,(H,25,28)(H,23,24,27). The van der Waals surface area contributed by atoms with Gasteiger partial charge >= 0.3 is 6.36 Å². The van der Waals surface area contributed by atoms with Gasteiger partial charge in [-0.25, -0.2) is 9.37 Å². The summed E-state index contributed by atoms with van der Waals surface area (Å²) in [6.07, 6.45) is -3.49. The molecule has 1 unspecified atom stereocenters. The smallest absolute Gasteiger partial charge is 0.403 e. The first-order chi connectivity index (χ1) is 13.5. The van der Waals surface area contributed by atoms with E-state index in [0.29, 0.717) is 5.56 Å². The summed E-state index contributed by atoms with van der Waals surface area (Å²) < 4.78 is 54.7. The fourth-order valence-corrected chi connectivity index (χ4v) is 2.81. The van der Waals surface area contributed by atoms with Gasteiger partial charge in [0.25, 0.3) is 11.5 Å². The highest BCUT2D eigenvalue weighted by atomic mass is 19.4. The van der Waals surface area contributed by atoms with Crippen LogP contribution in [0.1, 0.15) is 34.9 Å². The van der Waals surface area contributed by atoms with Crippen LogP contribution in [0.3, 0.4) is 0 Å². The maximum atomic E-state index is 14.1. The minimum atomic E-state index is -5.01. The van der Waals surface area contributed by atoms with E-state index in [4.69, 9.17) is 0 Å². The first-order valence-electron chi connectivity index (χ1n) is 8.68. The molecular formula is C18H18F4N4O3. The summed E-state index contributed by atoms with van der Waals surface area (Å²) in [5.74, 6) is -2.60. The molecular weight excluding hydrogens is 396 g/mol. The van der Waals surface area contributed by atoms with Gasteiger partial charge in [0.2, 0.25) is 5.95 Å². The maximum Gasteiger partial charge on any atom is 0.573 e. The van der Waals surface area contributed by atoms with Gasteiger partial charge in [0.15, 0.2) is 11.6 Å². The minimum Gasteiger partial charge on any atom is -0.403 e. The number of hydrogen-bond donors (Lipinski definition) is 2. The lowest BCUT2D eigenvalue weighted by molar-refractivity contribution is -0.275. The molecule has 0 bridgehead atoms. The van der Waals surface area contributed by atoms with Crippen LogP contribution in [-0.2, 0) is 0 Å². The zero-order valence-corrected chi connectivity index (χ0v) is 15.5. The summed E-state index contributed by atoms with van der Waals surface area (Å²) in [7, 11) is 3.28. The Morgan fingerprint density at radius 1 is 1.31 bits per heavy atom. The molecule has 156 valence electrons. The summed E-state index contributed by atoms with van der Waals surface area (Å²) in [6, 6.07) is 3.44. The molecule has 29 heavy (non-hydrogen) atoms. The molecule has 2 aromatic rings. The molecule has 1 fully saturated rings. The van der Waals surface area contributed by atoms with E-state index in [1.807, 2.05) is 0 Å². The van der Waals surface area contributed by atoms with Crippen LogP contribution in [0.4, 0.5) is 23.5 Å². The second kappa shape index (κ2) is 7.72. The Hall–Kier alpha value is -3.11. The molecule has 0 aliphatic heterocycles. The van der Waals surface area contributed by atoms with Crippen molar-refractivity contribution in [3.8, 4) is 5.75 Å². The summed E-state index contributed by atoms with van der Waals surface area (Å²) >= 11 is 0. The molecule has 1 heterocycles. The Labute approximate surface area is 162 Å². The Morgan fingerprint density at radius 3 is 2.55 bits per heavy atom. The van der Waals surface area contributed by atoms with Crippen LogP contribution in [-0.4, -0.2) is 36.3 Å². The van der Waals surface area contributed by atoms with Gasteiger partial charge in [-0.15, -0.1) is 13.2 Å². The zero-order valence-electron chi connectivity index (χ0n) is 15.5. The number of ether oxygens (including phenoxy) is 1. The molecule has 3 rings (SSSR count). The quantitative estimate of drug-likeness (QED) is 0.710. The van der Waals surface area contributed by atoms with E-state index >= 15 is 0 Å². The molecule has 0 saturated heterocycles. The molecule has 1 aliphatic carbocycles. The van der Waals surface area contributed by atoms with Gasteiger partial charge in [0.05, 0.1) is 6.04 Å². The summed E-state index contributed by atoms with van der Waals surface area (Å²) in [4.78, 5) is 32.4. The van der Waals surface area contributed by atoms with Gasteiger partial charge in [-0.3, -0.25) is 14.6 Å². The van der Waals surface area contributed by atoms with Crippen LogP contribution in [0, 0.1) is 11.7 Å². The highest BCUT2D eigenvalue weighted by molar-refractivity contribution is 5.92. The highest BCUT2D eigenvalue weighted by Gasteiger charge is 2.36. The van der Waals surface area contributed by atoms with Gasteiger partial charge in [0.1, 0.15) is 5.69 Å². The van der Waals surface area contributed by atoms with Crippen LogP contribution in [0.5, 0.6) is 5.75 Å². The number of anilines is 1. The number of hydrogen-bond acceptors (Lipinski definition) is 5. The summed E-state index contributed by atoms with van der Waals surface area (Å²) in [6.45, 7) is 0. The summed E-state index contributed by atoms with van der Waals surface area (Å²) in [5, 5.41) is 2.70.